The SMILES string of the molecule is CCC(C)(C)c1ccc(Oc2ccc(NC(=O)CN3C(=O)c4ccc([N+](=O)[O-])cc4C3=O)cc2)cc1. The first-order chi connectivity index (χ1) is 17.1. The van der Waals surface area contributed by atoms with E-state index in [-0.39, 0.29) is 22.2 Å². The van der Waals surface area contributed by atoms with E-state index in [1.807, 2.05) is 24.3 Å². The number of carbonyl (C=O) groups is 3. The Morgan fingerprint density at radius 2 is 1.53 bits per heavy atom. The van der Waals surface area contributed by atoms with Crippen molar-refractivity contribution in [2.75, 3.05) is 11.9 Å². The highest BCUT2D eigenvalue weighted by Crippen LogP contribution is 2.30. The van der Waals surface area contributed by atoms with Gasteiger partial charge in [-0.1, -0.05) is 32.9 Å². The van der Waals surface area contributed by atoms with Gasteiger partial charge in [-0.2, -0.15) is 0 Å². The van der Waals surface area contributed by atoms with Gasteiger partial charge in [0.25, 0.3) is 17.5 Å². The van der Waals surface area contributed by atoms with E-state index in [9.17, 15) is 24.5 Å². The van der Waals surface area contributed by atoms with E-state index in [1.54, 1.807) is 24.3 Å². The van der Waals surface area contributed by atoms with Gasteiger partial charge >= 0.3 is 0 Å². The molecule has 0 radical (unpaired) electrons. The van der Waals surface area contributed by atoms with Crippen molar-refractivity contribution in [3.63, 3.8) is 0 Å². The predicted molar refractivity (Wildman–Crippen MR) is 133 cm³/mol. The fourth-order valence-electron chi connectivity index (χ4n) is 3.80. The second kappa shape index (κ2) is 9.61. The Kier molecular flexibility index (Phi) is 6.57. The van der Waals surface area contributed by atoms with Crippen LogP contribution in [0.4, 0.5) is 11.4 Å². The summed E-state index contributed by atoms with van der Waals surface area (Å²) in [6, 6.07) is 18.0. The number of anilines is 1. The lowest BCUT2D eigenvalue weighted by Crippen LogP contribution is -2.37. The van der Waals surface area contributed by atoms with Gasteiger partial charge < -0.3 is 10.1 Å². The lowest BCUT2D eigenvalue weighted by Gasteiger charge is -2.23. The molecular formula is C27H25N3O6. The molecule has 1 N–H and O–H groups in total. The summed E-state index contributed by atoms with van der Waals surface area (Å²) in [5, 5.41) is 13.6. The summed E-state index contributed by atoms with van der Waals surface area (Å²) < 4.78 is 5.88. The number of nitro benzene ring substituents is 1. The molecule has 0 bridgehead atoms. The van der Waals surface area contributed by atoms with Crippen LogP contribution in [-0.2, 0) is 10.2 Å². The van der Waals surface area contributed by atoms with Crippen LogP contribution in [0.2, 0.25) is 0 Å². The summed E-state index contributed by atoms with van der Waals surface area (Å²) in [4.78, 5) is 48.7. The molecule has 0 saturated carbocycles. The molecule has 3 aromatic carbocycles. The van der Waals surface area contributed by atoms with E-state index in [4.69, 9.17) is 4.74 Å². The maximum Gasteiger partial charge on any atom is 0.270 e. The molecule has 0 saturated heterocycles. The Bertz CT molecular complexity index is 1350. The summed E-state index contributed by atoms with van der Waals surface area (Å²) >= 11 is 0. The fraction of sp³-hybridized carbons (Fsp3) is 0.222. The van der Waals surface area contributed by atoms with Crippen molar-refractivity contribution in [3.8, 4) is 11.5 Å². The number of rotatable bonds is 8. The molecule has 4 rings (SSSR count). The number of nitrogens with zero attached hydrogens (tertiary/aromatic N) is 2. The number of nitro groups is 1. The number of imide groups is 1. The molecule has 9 nitrogen and oxygen atoms in total. The van der Waals surface area contributed by atoms with Crippen LogP contribution in [-0.4, -0.2) is 34.1 Å². The van der Waals surface area contributed by atoms with Crippen molar-refractivity contribution < 1.29 is 24.0 Å². The van der Waals surface area contributed by atoms with Gasteiger partial charge in [0.1, 0.15) is 18.0 Å². The molecule has 3 aromatic rings. The average Bonchev–Trinajstić information content (AvgIpc) is 3.09. The minimum absolute atomic E-state index is 0.0335. The van der Waals surface area contributed by atoms with Crippen LogP contribution in [0.25, 0.3) is 0 Å². The molecule has 184 valence electrons. The smallest absolute Gasteiger partial charge is 0.270 e. The summed E-state index contributed by atoms with van der Waals surface area (Å²) in [6.45, 7) is 6.02. The third-order valence-corrected chi connectivity index (χ3v) is 6.36. The van der Waals surface area contributed by atoms with E-state index >= 15 is 0 Å². The van der Waals surface area contributed by atoms with Gasteiger partial charge in [-0.3, -0.25) is 29.4 Å². The number of fused-ring (bicyclic) bond motifs is 1. The molecular weight excluding hydrogens is 462 g/mol. The van der Waals surface area contributed by atoms with Gasteiger partial charge in [0, 0.05) is 17.8 Å². The number of amides is 3. The van der Waals surface area contributed by atoms with Crippen LogP contribution in [0, 0.1) is 10.1 Å². The van der Waals surface area contributed by atoms with Gasteiger partial charge in [-0.05, 0) is 59.9 Å². The topological polar surface area (TPSA) is 119 Å². The van der Waals surface area contributed by atoms with Gasteiger partial charge in [0.15, 0.2) is 0 Å². The zero-order valence-electron chi connectivity index (χ0n) is 20.1. The van der Waals surface area contributed by atoms with Gasteiger partial charge in [0.05, 0.1) is 16.1 Å². The van der Waals surface area contributed by atoms with Crippen LogP contribution in [0.5, 0.6) is 11.5 Å². The molecule has 0 aliphatic carbocycles. The first kappa shape index (κ1) is 24.6. The predicted octanol–water partition coefficient (Wildman–Crippen LogP) is 5.31. The summed E-state index contributed by atoms with van der Waals surface area (Å²) in [5.41, 5.74) is 1.42. The minimum atomic E-state index is -0.744. The summed E-state index contributed by atoms with van der Waals surface area (Å²) in [5.74, 6) is -0.726. The third-order valence-electron chi connectivity index (χ3n) is 6.36. The zero-order chi connectivity index (χ0) is 26.0. The Morgan fingerprint density at radius 3 is 2.11 bits per heavy atom. The maximum absolute atomic E-state index is 12.6. The van der Waals surface area contributed by atoms with E-state index in [2.05, 4.69) is 26.1 Å². The monoisotopic (exact) mass is 487 g/mol. The highest BCUT2D eigenvalue weighted by molar-refractivity contribution is 6.23. The van der Waals surface area contributed by atoms with Crippen molar-refractivity contribution in [1.82, 2.24) is 4.90 Å². The van der Waals surface area contributed by atoms with Crippen LogP contribution in [0.15, 0.2) is 66.7 Å². The van der Waals surface area contributed by atoms with Crippen molar-refractivity contribution in [2.45, 2.75) is 32.6 Å². The molecule has 1 aliphatic heterocycles. The third kappa shape index (κ3) is 4.95. The number of nitrogens with one attached hydrogen (secondary N) is 1. The molecule has 0 fully saturated rings. The number of hydrogen-bond acceptors (Lipinski definition) is 6. The average molecular weight is 488 g/mol. The molecule has 0 atom stereocenters. The second-order valence-corrected chi connectivity index (χ2v) is 9.12. The zero-order valence-corrected chi connectivity index (χ0v) is 20.1. The quantitative estimate of drug-likeness (QED) is 0.261. The van der Waals surface area contributed by atoms with E-state index in [0.717, 1.165) is 23.5 Å². The molecule has 3 amide bonds. The number of non-ortho nitro benzene ring substituents is 1. The summed E-state index contributed by atoms with van der Waals surface area (Å²) in [7, 11) is 0. The first-order valence-corrected chi connectivity index (χ1v) is 11.4. The van der Waals surface area contributed by atoms with Crippen molar-refractivity contribution in [1.29, 1.82) is 0 Å². The van der Waals surface area contributed by atoms with E-state index in [0.29, 0.717) is 17.2 Å². The van der Waals surface area contributed by atoms with Crippen LogP contribution in [0.3, 0.4) is 0 Å². The maximum atomic E-state index is 12.6. The van der Waals surface area contributed by atoms with Crippen molar-refractivity contribution in [3.05, 3.63) is 93.5 Å². The Balaban J connectivity index is 1.36. The lowest BCUT2D eigenvalue weighted by molar-refractivity contribution is -0.384. The first-order valence-electron chi connectivity index (χ1n) is 11.4. The van der Waals surface area contributed by atoms with Crippen LogP contribution >= 0.6 is 0 Å². The Labute approximate surface area is 207 Å². The van der Waals surface area contributed by atoms with Crippen molar-refractivity contribution in [2.24, 2.45) is 0 Å². The minimum Gasteiger partial charge on any atom is -0.457 e. The molecule has 1 heterocycles. The number of carbonyl (C=O) groups excluding carboxylic acids is 3. The highest BCUT2D eigenvalue weighted by atomic mass is 16.6. The summed E-state index contributed by atoms with van der Waals surface area (Å²) in [6.07, 6.45) is 1.02. The van der Waals surface area contributed by atoms with Crippen LogP contribution < -0.4 is 10.1 Å². The van der Waals surface area contributed by atoms with Crippen LogP contribution in [0.1, 0.15) is 53.5 Å². The number of ether oxygens (including phenoxy) is 1. The molecule has 1 aliphatic rings. The normalized spacial score (nSPS) is 12.9. The standard InChI is InChI=1S/C27H25N3O6/c1-4-27(2,3)17-5-10-20(11-6-17)36-21-12-7-18(8-13-21)28-24(31)16-29-25(32)22-14-9-19(30(34)35)15-23(22)26(29)33/h5-15H,4,16H2,1-3H3,(H,28,31). The molecule has 36 heavy (non-hydrogen) atoms. The molecule has 0 aromatic heterocycles. The van der Waals surface area contributed by atoms with Crippen molar-refractivity contribution >= 4 is 29.1 Å². The molecule has 0 unspecified atom stereocenters. The van der Waals surface area contributed by atoms with Gasteiger partial charge in [0.2, 0.25) is 5.91 Å². The Hall–Kier alpha value is -4.53. The largest absolute Gasteiger partial charge is 0.457 e. The number of hydrogen-bond donors (Lipinski definition) is 1. The molecule has 0 spiro atoms. The number of benzene rings is 3. The highest BCUT2D eigenvalue weighted by Gasteiger charge is 2.37. The lowest BCUT2D eigenvalue weighted by atomic mass is 9.82. The van der Waals surface area contributed by atoms with E-state index in [1.165, 1.54) is 11.6 Å². The Morgan fingerprint density at radius 1 is 0.944 bits per heavy atom. The van der Waals surface area contributed by atoms with Gasteiger partial charge in [-0.25, -0.2) is 0 Å². The van der Waals surface area contributed by atoms with E-state index < -0.39 is 29.2 Å². The second-order valence-electron chi connectivity index (χ2n) is 9.12. The fourth-order valence-corrected chi connectivity index (χ4v) is 3.80. The molecule has 9 heteroatoms. The van der Waals surface area contributed by atoms with Gasteiger partial charge in [-0.15, -0.1) is 0 Å².